The Hall–Kier alpha value is -1.51. The van der Waals surface area contributed by atoms with Crippen molar-refractivity contribution < 1.29 is 9.84 Å². The Bertz CT molecular complexity index is 544. The SMILES string of the molecule is CC(C)(O)COc1ccc(-c2ccccc2)cc1Cl. The highest BCUT2D eigenvalue weighted by Crippen LogP contribution is 2.30. The maximum Gasteiger partial charge on any atom is 0.138 e. The molecule has 0 spiro atoms. The van der Waals surface area contributed by atoms with E-state index in [9.17, 15) is 5.11 Å². The Morgan fingerprint density at radius 1 is 1.05 bits per heavy atom. The first-order valence-electron chi connectivity index (χ1n) is 6.16. The van der Waals surface area contributed by atoms with E-state index >= 15 is 0 Å². The molecule has 0 heterocycles. The monoisotopic (exact) mass is 276 g/mol. The van der Waals surface area contributed by atoms with Crippen molar-refractivity contribution >= 4 is 11.6 Å². The van der Waals surface area contributed by atoms with Gasteiger partial charge in [-0.3, -0.25) is 0 Å². The van der Waals surface area contributed by atoms with E-state index in [1.54, 1.807) is 13.8 Å². The van der Waals surface area contributed by atoms with E-state index in [1.807, 2.05) is 48.5 Å². The molecule has 2 aromatic rings. The van der Waals surface area contributed by atoms with E-state index in [-0.39, 0.29) is 6.61 Å². The average molecular weight is 277 g/mol. The highest BCUT2D eigenvalue weighted by atomic mass is 35.5. The fourth-order valence-electron chi connectivity index (χ4n) is 1.68. The summed E-state index contributed by atoms with van der Waals surface area (Å²) in [7, 11) is 0. The van der Waals surface area contributed by atoms with Crippen LogP contribution >= 0.6 is 11.6 Å². The molecule has 0 aliphatic carbocycles. The van der Waals surface area contributed by atoms with E-state index < -0.39 is 5.60 Å². The third kappa shape index (κ3) is 3.98. The molecule has 0 bridgehead atoms. The van der Waals surface area contributed by atoms with Gasteiger partial charge in [0.05, 0.1) is 10.6 Å². The lowest BCUT2D eigenvalue weighted by atomic mass is 10.1. The van der Waals surface area contributed by atoms with Crippen molar-refractivity contribution in [2.45, 2.75) is 19.4 Å². The van der Waals surface area contributed by atoms with Crippen molar-refractivity contribution in [2.24, 2.45) is 0 Å². The molecule has 0 amide bonds. The van der Waals surface area contributed by atoms with Gasteiger partial charge in [-0.05, 0) is 37.1 Å². The summed E-state index contributed by atoms with van der Waals surface area (Å²) < 4.78 is 5.51. The van der Waals surface area contributed by atoms with Crippen LogP contribution < -0.4 is 4.74 Å². The smallest absolute Gasteiger partial charge is 0.138 e. The number of hydrogen-bond donors (Lipinski definition) is 1. The van der Waals surface area contributed by atoms with Crippen molar-refractivity contribution in [1.82, 2.24) is 0 Å². The number of ether oxygens (including phenoxy) is 1. The zero-order chi connectivity index (χ0) is 13.9. The number of halogens is 1. The Kier molecular flexibility index (Phi) is 4.13. The zero-order valence-electron chi connectivity index (χ0n) is 11.1. The Balaban J connectivity index is 2.18. The van der Waals surface area contributed by atoms with Crippen LogP contribution in [0.4, 0.5) is 0 Å². The summed E-state index contributed by atoms with van der Waals surface area (Å²) in [5.41, 5.74) is 1.28. The molecule has 0 radical (unpaired) electrons. The predicted molar refractivity (Wildman–Crippen MR) is 78.7 cm³/mol. The van der Waals surface area contributed by atoms with Crippen molar-refractivity contribution in [3.05, 3.63) is 53.6 Å². The van der Waals surface area contributed by atoms with Crippen LogP contribution in [0, 0.1) is 0 Å². The second-order valence-corrected chi connectivity index (χ2v) is 5.52. The summed E-state index contributed by atoms with van der Waals surface area (Å²) in [5.74, 6) is 0.587. The third-order valence-electron chi connectivity index (χ3n) is 2.62. The molecule has 0 saturated carbocycles. The first-order chi connectivity index (χ1) is 8.96. The summed E-state index contributed by atoms with van der Waals surface area (Å²) in [4.78, 5) is 0. The van der Waals surface area contributed by atoms with Crippen molar-refractivity contribution in [3.8, 4) is 16.9 Å². The fourth-order valence-corrected chi connectivity index (χ4v) is 1.92. The lowest BCUT2D eigenvalue weighted by Crippen LogP contribution is -2.27. The summed E-state index contributed by atoms with van der Waals surface area (Å²) in [6, 6.07) is 15.7. The molecular formula is C16H17ClO2. The maximum absolute atomic E-state index is 9.63. The first kappa shape index (κ1) is 13.9. The van der Waals surface area contributed by atoms with Crippen molar-refractivity contribution in [1.29, 1.82) is 0 Å². The summed E-state index contributed by atoms with van der Waals surface area (Å²) in [6.45, 7) is 3.59. The highest BCUT2D eigenvalue weighted by molar-refractivity contribution is 6.32. The second-order valence-electron chi connectivity index (χ2n) is 5.11. The predicted octanol–water partition coefficient (Wildman–Crippen LogP) is 4.16. The summed E-state index contributed by atoms with van der Waals surface area (Å²) >= 11 is 6.20. The van der Waals surface area contributed by atoms with Gasteiger partial charge in [-0.2, -0.15) is 0 Å². The van der Waals surface area contributed by atoms with E-state index in [2.05, 4.69) is 0 Å². The maximum atomic E-state index is 9.63. The Morgan fingerprint density at radius 2 is 1.74 bits per heavy atom. The minimum atomic E-state index is -0.874. The molecule has 0 aliphatic heterocycles. The normalized spacial score (nSPS) is 11.4. The van der Waals surface area contributed by atoms with Crippen LogP contribution in [0.15, 0.2) is 48.5 Å². The van der Waals surface area contributed by atoms with Crippen LogP contribution in [0.5, 0.6) is 5.75 Å². The molecule has 2 nitrogen and oxygen atoms in total. The van der Waals surface area contributed by atoms with Gasteiger partial charge in [0.25, 0.3) is 0 Å². The minimum Gasteiger partial charge on any atom is -0.489 e. The molecule has 0 fully saturated rings. The molecular weight excluding hydrogens is 260 g/mol. The molecule has 0 aliphatic rings. The number of hydrogen-bond acceptors (Lipinski definition) is 2. The second kappa shape index (κ2) is 5.64. The fraction of sp³-hybridized carbons (Fsp3) is 0.250. The van der Waals surface area contributed by atoms with E-state index in [0.29, 0.717) is 10.8 Å². The van der Waals surface area contributed by atoms with Gasteiger partial charge in [0, 0.05) is 0 Å². The Labute approximate surface area is 118 Å². The number of rotatable bonds is 4. The number of aliphatic hydroxyl groups is 1. The van der Waals surface area contributed by atoms with E-state index in [4.69, 9.17) is 16.3 Å². The van der Waals surface area contributed by atoms with Crippen molar-refractivity contribution in [2.75, 3.05) is 6.61 Å². The largest absolute Gasteiger partial charge is 0.489 e. The molecule has 0 saturated heterocycles. The molecule has 0 aromatic heterocycles. The number of benzene rings is 2. The molecule has 0 unspecified atom stereocenters. The van der Waals surface area contributed by atoms with Gasteiger partial charge in [-0.25, -0.2) is 0 Å². The standard InChI is InChI=1S/C16H17ClO2/c1-16(2,18)11-19-15-9-8-13(10-14(15)17)12-6-4-3-5-7-12/h3-10,18H,11H2,1-2H3. The van der Waals surface area contributed by atoms with E-state index in [1.165, 1.54) is 0 Å². The molecule has 19 heavy (non-hydrogen) atoms. The molecule has 0 atom stereocenters. The summed E-state index contributed by atoms with van der Waals surface area (Å²) in [6.07, 6.45) is 0. The van der Waals surface area contributed by atoms with Crippen LogP contribution in [0.1, 0.15) is 13.8 Å². The van der Waals surface area contributed by atoms with Crippen molar-refractivity contribution in [3.63, 3.8) is 0 Å². The molecule has 2 aromatic carbocycles. The van der Waals surface area contributed by atoms with Crippen LogP contribution in [-0.4, -0.2) is 17.3 Å². The first-order valence-corrected chi connectivity index (χ1v) is 6.54. The summed E-state index contributed by atoms with van der Waals surface area (Å²) in [5, 5.41) is 10.2. The quantitative estimate of drug-likeness (QED) is 0.909. The zero-order valence-corrected chi connectivity index (χ0v) is 11.8. The van der Waals surface area contributed by atoms with Gasteiger partial charge in [-0.15, -0.1) is 0 Å². The highest BCUT2D eigenvalue weighted by Gasteiger charge is 2.14. The molecule has 100 valence electrons. The van der Waals surface area contributed by atoms with Crippen LogP contribution in [0.3, 0.4) is 0 Å². The topological polar surface area (TPSA) is 29.5 Å². The van der Waals surface area contributed by atoms with Crippen LogP contribution in [-0.2, 0) is 0 Å². The van der Waals surface area contributed by atoms with E-state index in [0.717, 1.165) is 11.1 Å². The minimum absolute atomic E-state index is 0.206. The van der Waals surface area contributed by atoms with Gasteiger partial charge in [-0.1, -0.05) is 48.0 Å². The molecule has 2 rings (SSSR count). The molecule has 3 heteroatoms. The molecule has 1 N–H and O–H groups in total. The van der Waals surface area contributed by atoms with Gasteiger partial charge in [0.1, 0.15) is 12.4 Å². The van der Waals surface area contributed by atoms with Gasteiger partial charge in [0.15, 0.2) is 0 Å². The lowest BCUT2D eigenvalue weighted by Gasteiger charge is -2.18. The lowest BCUT2D eigenvalue weighted by molar-refractivity contribution is 0.0285. The van der Waals surface area contributed by atoms with Crippen LogP contribution in [0.25, 0.3) is 11.1 Å². The van der Waals surface area contributed by atoms with Crippen LogP contribution in [0.2, 0.25) is 5.02 Å². The Morgan fingerprint density at radius 3 is 2.32 bits per heavy atom. The van der Waals surface area contributed by atoms with Gasteiger partial charge >= 0.3 is 0 Å². The third-order valence-corrected chi connectivity index (χ3v) is 2.92. The average Bonchev–Trinajstić information content (AvgIpc) is 2.37. The van der Waals surface area contributed by atoms with Gasteiger partial charge < -0.3 is 9.84 Å². The van der Waals surface area contributed by atoms with Gasteiger partial charge in [0.2, 0.25) is 0 Å².